The van der Waals surface area contributed by atoms with Crippen LogP contribution >= 0.6 is 0 Å². The molecular weight excluding hydrogens is 174 g/mol. The van der Waals surface area contributed by atoms with Crippen molar-refractivity contribution in [3.05, 3.63) is 12.7 Å². The minimum absolute atomic E-state index is 0.450. The minimum Gasteiger partial charge on any atom is -0.253 e. The van der Waals surface area contributed by atoms with Gasteiger partial charge in [0.05, 0.1) is 0 Å². The van der Waals surface area contributed by atoms with Crippen LogP contribution in [0.3, 0.4) is 0 Å². The van der Waals surface area contributed by atoms with Gasteiger partial charge in [-0.25, -0.2) is 4.98 Å². The molecule has 1 aliphatic carbocycles. The number of rotatable bonds is 2. The zero-order valence-corrected chi connectivity index (χ0v) is 9.27. The monoisotopic (exact) mass is 193 g/mol. The van der Waals surface area contributed by atoms with Crippen molar-refractivity contribution in [2.75, 3.05) is 0 Å². The Labute approximate surface area is 85.5 Å². The predicted octanol–water partition coefficient (Wildman–Crippen LogP) is 2.35. The summed E-state index contributed by atoms with van der Waals surface area (Å²) < 4.78 is 1.96. The molecule has 1 aromatic heterocycles. The highest BCUT2D eigenvalue weighted by Crippen LogP contribution is 2.47. The summed E-state index contributed by atoms with van der Waals surface area (Å²) in [7, 11) is 0. The third-order valence-corrected chi connectivity index (χ3v) is 4.14. The van der Waals surface area contributed by atoms with Crippen molar-refractivity contribution in [3.8, 4) is 0 Å². The molecule has 1 saturated carbocycles. The zero-order valence-electron chi connectivity index (χ0n) is 9.27. The van der Waals surface area contributed by atoms with Crippen molar-refractivity contribution >= 4 is 0 Å². The van der Waals surface area contributed by atoms with Gasteiger partial charge >= 0.3 is 0 Å². The molecule has 2 atom stereocenters. The molecule has 0 N–H and O–H groups in total. The van der Waals surface area contributed by atoms with Crippen molar-refractivity contribution in [2.24, 2.45) is 17.3 Å². The van der Waals surface area contributed by atoms with E-state index in [4.69, 9.17) is 0 Å². The second-order valence-corrected chi connectivity index (χ2v) is 5.11. The average Bonchev–Trinajstić information content (AvgIpc) is 2.70. The van der Waals surface area contributed by atoms with Crippen molar-refractivity contribution in [1.82, 2.24) is 14.8 Å². The number of aromatic nitrogens is 3. The van der Waals surface area contributed by atoms with Crippen LogP contribution in [0, 0.1) is 17.3 Å². The Morgan fingerprint density at radius 2 is 2.21 bits per heavy atom. The molecule has 0 spiro atoms. The molecule has 1 heterocycles. The van der Waals surface area contributed by atoms with Gasteiger partial charge in [-0.3, -0.25) is 4.68 Å². The Bertz CT molecular complexity index is 289. The molecule has 2 rings (SSSR count). The molecule has 1 fully saturated rings. The molecule has 0 saturated heterocycles. The van der Waals surface area contributed by atoms with Crippen molar-refractivity contribution in [2.45, 2.75) is 40.2 Å². The number of nitrogens with zero attached hydrogens (tertiary/aromatic N) is 3. The summed E-state index contributed by atoms with van der Waals surface area (Å²) in [5, 5.41) is 4.18. The molecule has 0 aliphatic heterocycles. The molecule has 0 aromatic carbocycles. The van der Waals surface area contributed by atoms with Crippen molar-refractivity contribution in [1.29, 1.82) is 0 Å². The summed E-state index contributed by atoms with van der Waals surface area (Å²) in [5.41, 5.74) is 0.450. The lowest BCUT2D eigenvalue weighted by Crippen LogP contribution is -2.27. The van der Waals surface area contributed by atoms with Gasteiger partial charge in [0.2, 0.25) is 0 Å². The van der Waals surface area contributed by atoms with Gasteiger partial charge in [-0.1, -0.05) is 20.8 Å². The van der Waals surface area contributed by atoms with Gasteiger partial charge in [-0.15, -0.1) is 0 Å². The maximum atomic E-state index is 4.18. The normalized spacial score (nSPS) is 30.8. The van der Waals surface area contributed by atoms with E-state index in [-0.39, 0.29) is 0 Å². The first-order chi connectivity index (χ1) is 6.60. The molecule has 0 unspecified atom stereocenters. The number of hydrogen-bond acceptors (Lipinski definition) is 2. The summed E-state index contributed by atoms with van der Waals surface area (Å²) in [5.74, 6) is 1.58. The van der Waals surface area contributed by atoms with Crippen molar-refractivity contribution in [3.63, 3.8) is 0 Å². The van der Waals surface area contributed by atoms with E-state index in [2.05, 4.69) is 30.9 Å². The van der Waals surface area contributed by atoms with Crippen LogP contribution in [-0.4, -0.2) is 14.8 Å². The van der Waals surface area contributed by atoms with Gasteiger partial charge in [-0.2, -0.15) is 5.10 Å². The maximum Gasteiger partial charge on any atom is 0.137 e. The van der Waals surface area contributed by atoms with Crippen LogP contribution in [-0.2, 0) is 6.54 Å². The van der Waals surface area contributed by atoms with E-state index < -0.39 is 0 Å². The molecule has 3 nitrogen and oxygen atoms in total. The summed E-state index contributed by atoms with van der Waals surface area (Å²) in [6.07, 6.45) is 6.12. The SMILES string of the molecule is C[C@@H]1CC[C@@H](Cn2cncn2)C1(C)C. The lowest BCUT2D eigenvalue weighted by Gasteiger charge is -2.31. The quantitative estimate of drug-likeness (QED) is 0.722. The Morgan fingerprint density at radius 1 is 1.43 bits per heavy atom. The van der Waals surface area contributed by atoms with Gasteiger partial charge in [0.25, 0.3) is 0 Å². The summed E-state index contributed by atoms with van der Waals surface area (Å²) in [6.45, 7) is 8.15. The van der Waals surface area contributed by atoms with Gasteiger partial charge in [0.15, 0.2) is 0 Å². The molecular formula is C11H19N3. The highest BCUT2D eigenvalue weighted by atomic mass is 15.3. The van der Waals surface area contributed by atoms with Crippen LogP contribution in [0.2, 0.25) is 0 Å². The molecule has 0 radical (unpaired) electrons. The molecule has 0 amide bonds. The largest absolute Gasteiger partial charge is 0.253 e. The molecule has 14 heavy (non-hydrogen) atoms. The van der Waals surface area contributed by atoms with E-state index >= 15 is 0 Å². The summed E-state index contributed by atoms with van der Waals surface area (Å²) in [6, 6.07) is 0. The Balaban J connectivity index is 2.06. The first-order valence-electron chi connectivity index (χ1n) is 5.43. The summed E-state index contributed by atoms with van der Waals surface area (Å²) >= 11 is 0. The predicted molar refractivity (Wildman–Crippen MR) is 55.7 cm³/mol. The first kappa shape index (κ1) is 9.69. The lowest BCUT2D eigenvalue weighted by atomic mass is 9.76. The highest BCUT2D eigenvalue weighted by molar-refractivity contribution is 4.89. The van der Waals surface area contributed by atoms with E-state index in [1.165, 1.54) is 12.8 Å². The second-order valence-electron chi connectivity index (χ2n) is 5.11. The van der Waals surface area contributed by atoms with Crippen molar-refractivity contribution < 1.29 is 0 Å². The Hall–Kier alpha value is -0.860. The molecule has 1 aliphatic rings. The smallest absolute Gasteiger partial charge is 0.137 e. The van der Waals surface area contributed by atoms with E-state index in [0.717, 1.165) is 18.4 Å². The third kappa shape index (κ3) is 1.56. The lowest BCUT2D eigenvalue weighted by molar-refractivity contribution is 0.175. The van der Waals surface area contributed by atoms with E-state index in [0.29, 0.717) is 5.41 Å². The maximum absolute atomic E-state index is 4.18. The fourth-order valence-electron chi connectivity index (χ4n) is 2.48. The van der Waals surface area contributed by atoms with E-state index in [9.17, 15) is 0 Å². The Kier molecular flexibility index (Phi) is 2.33. The third-order valence-electron chi connectivity index (χ3n) is 4.14. The fourth-order valence-corrected chi connectivity index (χ4v) is 2.48. The molecule has 3 heteroatoms. The average molecular weight is 193 g/mol. The molecule has 78 valence electrons. The first-order valence-corrected chi connectivity index (χ1v) is 5.43. The van der Waals surface area contributed by atoms with Gasteiger partial charge < -0.3 is 0 Å². The van der Waals surface area contributed by atoms with Crippen LogP contribution in [0.5, 0.6) is 0 Å². The van der Waals surface area contributed by atoms with Crippen LogP contribution in [0.15, 0.2) is 12.7 Å². The fraction of sp³-hybridized carbons (Fsp3) is 0.818. The number of hydrogen-bond donors (Lipinski definition) is 0. The molecule has 0 bridgehead atoms. The zero-order chi connectivity index (χ0) is 10.2. The highest BCUT2D eigenvalue weighted by Gasteiger charge is 2.40. The van der Waals surface area contributed by atoms with Crippen LogP contribution < -0.4 is 0 Å². The van der Waals surface area contributed by atoms with Gasteiger partial charge in [-0.05, 0) is 30.1 Å². The van der Waals surface area contributed by atoms with Gasteiger partial charge in [0.1, 0.15) is 12.7 Å². The summed E-state index contributed by atoms with van der Waals surface area (Å²) in [4.78, 5) is 3.98. The van der Waals surface area contributed by atoms with Gasteiger partial charge in [0, 0.05) is 6.54 Å². The minimum atomic E-state index is 0.450. The van der Waals surface area contributed by atoms with E-state index in [1.54, 1.807) is 6.33 Å². The topological polar surface area (TPSA) is 30.7 Å². The second kappa shape index (κ2) is 3.37. The molecule has 1 aromatic rings. The standard InChI is InChI=1S/C11H19N3/c1-9-4-5-10(11(9,2)3)6-14-8-12-7-13-14/h7-10H,4-6H2,1-3H3/t9-,10+/m1/s1. The van der Waals surface area contributed by atoms with Crippen LogP contribution in [0.25, 0.3) is 0 Å². The van der Waals surface area contributed by atoms with Crippen LogP contribution in [0.1, 0.15) is 33.6 Å². The Morgan fingerprint density at radius 3 is 2.71 bits per heavy atom. The van der Waals surface area contributed by atoms with E-state index in [1.807, 2.05) is 11.0 Å². The van der Waals surface area contributed by atoms with Crippen LogP contribution in [0.4, 0.5) is 0 Å².